The molecule has 21 heavy (non-hydrogen) atoms. The largest absolute Gasteiger partial charge is 0.506 e. The molecule has 5 heteroatoms. The molecule has 0 aromatic heterocycles. The Labute approximate surface area is 121 Å². The summed E-state index contributed by atoms with van der Waals surface area (Å²) in [5, 5.41) is 9.47. The number of ketones is 1. The molecular weight excluding hydrogens is 268 g/mol. The summed E-state index contributed by atoms with van der Waals surface area (Å²) in [4.78, 5) is 17.0. The minimum atomic E-state index is -0.507. The SMILES string of the molecule is COc1ccc2c(c1)C(=O)C(c1ccc(O)c(N)c1)C=N2. The number of hydrogen-bond acceptors (Lipinski definition) is 5. The third kappa shape index (κ3) is 2.23. The van der Waals surface area contributed by atoms with Gasteiger partial charge in [-0.3, -0.25) is 9.79 Å². The highest BCUT2D eigenvalue weighted by Gasteiger charge is 2.27. The van der Waals surface area contributed by atoms with Crippen LogP contribution in [0.5, 0.6) is 11.5 Å². The van der Waals surface area contributed by atoms with Crippen molar-refractivity contribution in [2.75, 3.05) is 12.8 Å². The molecule has 0 spiro atoms. The van der Waals surface area contributed by atoms with Crippen LogP contribution in [0, 0.1) is 0 Å². The molecule has 3 N–H and O–H groups in total. The molecule has 0 aliphatic carbocycles. The fourth-order valence-corrected chi connectivity index (χ4v) is 2.35. The van der Waals surface area contributed by atoms with Crippen LogP contribution in [0.1, 0.15) is 21.8 Å². The van der Waals surface area contributed by atoms with Gasteiger partial charge in [0.05, 0.1) is 24.4 Å². The molecule has 0 fully saturated rings. The maximum Gasteiger partial charge on any atom is 0.177 e. The van der Waals surface area contributed by atoms with Gasteiger partial charge in [-0.15, -0.1) is 0 Å². The van der Waals surface area contributed by atoms with Gasteiger partial charge in [0.15, 0.2) is 5.78 Å². The highest BCUT2D eigenvalue weighted by molar-refractivity contribution is 6.16. The summed E-state index contributed by atoms with van der Waals surface area (Å²) in [6, 6.07) is 9.95. The van der Waals surface area contributed by atoms with Crippen molar-refractivity contribution in [3.63, 3.8) is 0 Å². The number of benzene rings is 2. The quantitative estimate of drug-likeness (QED) is 0.655. The predicted octanol–water partition coefficient (Wildman–Crippen LogP) is 2.67. The molecule has 0 saturated heterocycles. The van der Waals surface area contributed by atoms with Crippen LogP contribution >= 0.6 is 0 Å². The highest BCUT2D eigenvalue weighted by Crippen LogP contribution is 2.34. The van der Waals surface area contributed by atoms with Crippen molar-refractivity contribution in [2.45, 2.75) is 5.92 Å². The number of carbonyl (C=O) groups is 1. The molecule has 1 heterocycles. The lowest BCUT2D eigenvalue weighted by molar-refractivity contribution is 0.0983. The Morgan fingerprint density at radius 2 is 2.05 bits per heavy atom. The number of hydrogen-bond donors (Lipinski definition) is 2. The summed E-state index contributed by atoms with van der Waals surface area (Å²) in [5.41, 5.74) is 7.78. The maximum absolute atomic E-state index is 12.6. The topological polar surface area (TPSA) is 84.9 Å². The number of aromatic hydroxyl groups is 1. The molecule has 1 aliphatic rings. The second-order valence-corrected chi connectivity index (χ2v) is 4.82. The summed E-state index contributed by atoms with van der Waals surface area (Å²) < 4.78 is 5.15. The molecule has 0 saturated carbocycles. The van der Waals surface area contributed by atoms with Crippen molar-refractivity contribution in [3.8, 4) is 11.5 Å². The minimum absolute atomic E-state index is 0.000941. The van der Waals surface area contributed by atoms with Crippen molar-refractivity contribution in [3.05, 3.63) is 47.5 Å². The van der Waals surface area contributed by atoms with E-state index in [0.29, 0.717) is 22.6 Å². The lowest BCUT2D eigenvalue weighted by Gasteiger charge is -2.18. The molecule has 0 radical (unpaired) electrons. The highest BCUT2D eigenvalue weighted by atomic mass is 16.5. The molecule has 1 aliphatic heterocycles. The Morgan fingerprint density at radius 3 is 2.76 bits per heavy atom. The number of nitrogens with two attached hydrogens (primary N) is 1. The molecule has 2 aromatic carbocycles. The van der Waals surface area contributed by atoms with E-state index in [1.54, 1.807) is 43.7 Å². The van der Waals surface area contributed by atoms with Crippen molar-refractivity contribution in [1.82, 2.24) is 0 Å². The van der Waals surface area contributed by atoms with Crippen LogP contribution in [0.15, 0.2) is 41.4 Å². The van der Waals surface area contributed by atoms with Crippen LogP contribution in [0.2, 0.25) is 0 Å². The van der Waals surface area contributed by atoms with Crippen molar-refractivity contribution >= 4 is 23.4 Å². The van der Waals surface area contributed by atoms with Crippen LogP contribution < -0.4 is 10.5 Å². The summed E-state index contributed by atoms with van der Waals surface area (Å²) in [6.45, 7) is 0. The molecule has 2 aromatic rings. The van der Waals surface area contributed by atoms with E-state index in [-0.39, 0.29) is 17.2 Å². The lowest BCUT2D eigenvalue weighted by Crippen LogP contribution is -2.18. The molecule has 5 nitrogen and oxygen atoms in total. The minimum Gasteiger partial charge on any atom is -0.506 e. The number of methoxy groups -OCH3 is 1. The zero-order chi connectivity index (χ0) is 15.0. The first-order valence-electron chi connectivity index (χ1n) is 6.45. The first kappa shape index (κ1) is 13.2. The van der Waals surface area contributed by atoms with Crippen molar-refractivity contribution < 1.29 is 14.6 Å². The Balaban J connectivity index is 2.03. The van der Waals surface area contributed by atoms with Gasteiger partial charge in [-0.2, -0.15) is 0 Å². The zero-order valence-electron chi connectivity index (χ0n) is 11.4. The molecule has 1 unspecified atom stereocenters. The van der Waals surface area contributed by atoms with E-state index >= 15 is 0 Å². The summed E-state index contributed by atoms with van der Waals surface area (Å²) >= 11 is 0. The molecule has 3 rings (SSSR count). The normalized spacial score (nSPS) is 16.6. The second kappa shape index (κ2) is 4.94. The van der Waals surface area contributed by atoms with Crippen LogP contribution in [-0.2, 0) is 0 Å². The molecule has 1 atom stereocenters. The monoisotopic (exact) mass is 282 g/mol. The molecule has 106 valence electrons. The van der Waals surface area contributed by atoms with Gasteiger partial charge in [-0.05, 0) is 35.9 Å². The van der Waals surface area contributed by atoms with Crippen LogP contribution in [0.4, 0.5) is 11.4 Å². The number of aliphatic imine (C=N–C) groups is 1. The Bertz CT molecular complexity index is 753. The van der Waals surface area contributed by atoms with Gasteiger partial charge in [-0.25, -0.2) is 0 Å². The Kier molecular flexibility index (Phi) is 3.10. The number of nitrogen functional groups attached to an aromatic ring is 1. The number of anilines is 1. The van der Waals surface area contributed by atoms with Gasteiger partial charge >= 0.3 is 0 Å². The van der Waals surface area contributed by atoms with E-state index < -0.39 is 5.92 Å². The van der Waals surface area contributed by atoms with Gasteiger partial charge in [0.1, 0.15) is 11.5 Å². The number of carbonyl (C=O) groups excluding carboxylic acids is 1. The van der Waals surface area contributed by atoms with Crippen molar-refractivity contribution in [2.24, 2.45) is 4.99 Å². The van der Waals surface area contributed by atoms with E-state index in [4.69, 9.17) is 10.5 Å². The average Bonchev–Trinajstić information content (AvgIpc) is 2.50. The summed E-state index contributed by atoms with van der Waals surface area (Å²) in [5.74, 6) is 0.0423. The van der Waals surface area contributed by atoms with Gasteiger partial charge in [0.2, 0.25) is 0 Å². The number of ether oxygens (including phenoxy) is 1. The summed E-state index contributed by atoms with van der Waals surface area (Å²) in [6.07, 6.45) is 1.60. The Morgan fingerprint density at radius 1 is 1.24 bits per heavy atom. The number of fused-ring (bicyclic) bond motifs is 1. The number of phenols is 1. The first-order valence-corrected chi connectivity index (χ1v) is 6.45. The average molecular weight is 282 g/mol. The van der Waals surface area contributed by atoms with E-state index in [9.17, 15) is 9.90 Å². The third-order valence-corrected chi connectivity index (χ3v) is 3.53. The second-order valence-electron chi connectivity index (χ2n) is 4.82. The molecule has 0 bridgehead atoms. The van der Waals surface area contributed by atoms with E-state index in [1.165, 1.54) is 6.07 Å². The van der Waals surface area contributed by atoms with Crippen LogP contribution in [0.3, 0.4) is 0 Å². The van der Waals surface area contributed by atoms with Gasteiger partial charge in [-0.1, -0.05) is 6.07 Å². The summed E-state index contributed by atoms with van der Waals surface area (Å²) in [7, 11) is 1.55. The molecular formula is C16H14N2O3. The first-order chi connectivity index (χ1) is 10.1. The van der Waals surface area contributed by atoms with Gasteiger partial charge in [0.25, 0.3) is 0 Å². The van der Waals surface area contributed by atoms with Gasteiger partial charge < -0.3 is 15.6 Å². The van der Waals surface area contributed by atoms with E-state index in [0.717, 1.165) is 0 Å². The number of rotatable bonds is 2. The van der Waals surface area contributed by atoms with E-state index in [2.05, 4.69) is 4.99 Å². The Hall–Kier alpha value is -2.82. The molecule has 0 amide bonds. The predicted molar refractivity (Wildman–Crippen MR) is 80.7 cm³/mol. The zero-order valence-corrected chi connectivity index (χ0v) is 11.4. The fraction of sp³-hybridized carbons (Fsp3) is 0.125. The maximum atomic E-state index is 12.6. The standard InChI is InChI=1S/C16H14N2O3/c1-21-10-3-4-14-11(7-10)16(20)12(8-18-14)9-2-5-15(19)13(17)6-9/h2-8,12,19H,17H2,1H3. The van der Waals surface area contributed by atoms with Crippen LogP contribution in [-0.4, -0.2) is 24.2 Å². The number of nitrogens with zero attached hydrogens (tertiary/aromatic N) is 1. The van der Waals surface area contributed by atoms with Crippen molar-refractivity contribution in [1.29, 1.82) is 0 Å². The smallest absolute Gasteiger partial charge is 0.177 e. The van der Waals surface area contributed by atoms with Gasteiger partial charge in [0, 0.05) is 11.8 Å². The van der Waals surface area contributed by atoms with Crippen LogP contribution in [0.25, 0.3) is 0 Å². The number of Topliss-reactive ketones (excluding diaryl/α,β-unsaturated/α-hetero) is 1. The fourth-order valence-electron chi connectivity index (χ4n) is 2.35. The lowest BCUT2D eigenvalue weighted by atomic mass is 9.88. The third-order valence-electron chi connectivity index (χ3n) is 3.53. The van der Waals surface area contributed by atoms with E-state index in [1.807, 2.05) is 0 Å². The number of phenolic OH excluding ortho intramolecular Hbond substituents is 1.